The number of halogens is 1. The summed E-state index contributed by atoms with van der Waals surface area (Å²) in [5, 5.41) is 22.9. The van der Waals surface area contributed by atoms with E-state index in [1.165, 1.54) is 23.2 Å². The van der Waals surface area contributed by atoms with Crippen molar-refractivity contribution < 1.29 is 14.9 Å². The fourth-order valence-corrected chi connectivity index (χ4v) is 3.13. The zero-order chi connectivity index (χ0) is 21.1. The van der Waals surface area contributed by atoms with Crippen LogP contribution in [0.15, 0.2) is 33.9 Å². The van der Waals surface area contributed by atoms with Crippen LogP contribution in [-0.4, -0.2) is 54.8 Å². The van der Waals surface area contributed by atoms with Gasteiger partial charge in [-0.2, -0.15) is 4.98 Å². The Morgan fingerprint density at radius 3 is 2.66 bits per heavy atom. The Balaban J connectivity index is 1.95. The van der Waals surface area contributed by atoms with Crippen LogP contribution in [0.5, 0.6) is 5.75 Å². The molecule has 0 aliphatic heterocycles. The lowest BCUT2D eigenvalue weighted by atomic mass is 10.3. The molecule has 0 saturated heterocycles. The first-order valence-electron chi connectivity index (χ1n) is 8.91. The van der Waals surface area contributed by atoms with E-state index in [-0.39, 0.29) is 43.4 Å². The number of rotatable bonds is 8. The molecule has 0 radical (unpaired) electrons. The van der Waals surface area contributed by atoms with Crippen molar-refractivity contribution in [2.24, 2.45) is 14.1 Å². The summed E-state index contributed by atoms with van der Waals surface area (Å²) in [6.07, 6.45) is -1.000. The summed E-state index contributed by atoms with van der Waals surface area (Å²) < 4.78 is 9.27. The lowest BCUT2D eigenvalue weighted by Crippen LogP contribution is -2.38. The number of para-hydroxylation sites is 1. The molecule has 3 rings (SSSR count). The lowest BCUT2D eigenvalue weighted by Gasteiger charge is -2.16. The molecule has 0 fully saturated rings. The summed E-state index contributed by atoms with van der Waals surface area (Å²) in [4.78, 5) is 29.2. The molecule has 0 unspecified atom stereocenters. The van der Waals surface area contributed by atoms with E-state index >= 15 is 0 Å². The van der Waals surface area contributed by atoms with Gasteiger partial charge in [0.15, 0.2) is 11.2 Å². The second kappa shape index (κ2) is 8.68. The molecule has 0 aliphatic carbocycles. The molecule has 10 nitrogen and oxygen atoms in total. The fourth-order valence-electron chi connectivity index (χ4n) is 2.94. The van der Waals surface area contributed by atoms with Crippen molar-refractivity contribution in [2.45, 2.75) is 12.6 Å². The Morgan fingerprint density at radius 1 is 1.24 bits per heavy atom. The molecular weight excluding hydrogens is 402 g/mol. The third-order valence-corrected chi connectivity index (χ3v) is 4.72. The Hall–Kier alpha value is -2.82. The Labute approximate surface area is 170 Å². The number of hydrogen-bond acceptors (Lipinski definition) is 7. The molecule has 2 heterocycles. The molecule has 1 atom stereocenters. The first kappa shape index (κ1) is 20.9. The van der Waals surface area contributed by atoms with Crippen molar-refractivity contribution in [1.29, 1.82) is 0 Å². The number of nitrogens with one attached hydrogen (secondary N) is 1. The number of anilines is 1. The van der Waals surface area contributed by atoms with Gasteiger partial charge in [0, 0.05) is 20.6 Å². The maximum absolute atomic E-state index is 12.7. The molecule has 0 spiro atoms. The zero-order valence-electron chi connectivity index (χ0n) is 16.0. The van der Waals surface area contributed by atoms with Crippen LogP contribution in [0.4, 0.5) is 5.95 Å². The van der Waals surface area contributed by atoms with E-state index in [1.54, 1.807) is 24.3 Å². The predicted molar refractivity (Wildman–Crippen MR) is 109 cm³/mol. The van der Waals surface area contributed by atoms with Crippen molar-refractivity contribution in [3.8, 4) is 5.75 Å². The van der Waals surface area contributed by atoms with Gasteiger partial charge >= 0.3 is 5.69 Å². The van der Waals surface area contributed by atoms with Crippen LogP contribution in [0.25, 0.3) is 11.2 Å². The summed E-state index contributed by atoms with van der Waals surface area (Å²) in [5.74, 6) is 0.685. The van der Waals surface area contributed by atoms with Crippen LogP contribution in [0.1, 0.15) is 0 Å². The van der Waals surface area contributed by atoms with Crippen LogP contribution in [0.2, 0.25) is 5.02 Å². The minimum absolute atomic E-state index is 0.0256. The van der Waals surface area contributed by atoms with E-state index in [0.717, 1.165) is 4.57 Å². The van der Waals surface area contributed by atoms with Crippen molar-refractivity contribution in [1.82, 2.24) is 18.7 Å². The first-order chi connectivity index (χ1) is 13.8. The minimum Gasteiger partial charge on any atom is -0.489 e. The van der Waals surface area contributed by atoms with E-state index in [4.69, 9.17) is 21.4 Å². The topological polar surface area (TPSA) is 124 Å². The molecular formula is C18H22ClN5O5. The molecule has 3 aromatic rings. The molecule has 0 bridgehead atoms. The summed E-state index contributed by atoms with van der Waals surface area (Å²) in [7, 11) is 2.88. The van der Waals surface area contributed by atoms with Crippen LogP contribution in [0.3, 0.4) is 0 Å². The lowest BCUT2D eigenvalue weighted by molar-refractivity contribution is 0.0938. The number of aliphatic hydroxyl groups is 2. The van der Waals surface area contributed by atoms with Crippen LogP contribution >= 0.6 is 11.6 Å². The summed E-state index contributed by atoms with van der Waals surface area (Å²) in [6.45, 7) is -0.0702. The maximum atomic E-state index is 12.7. The van der Waals surface area contributed by atoms with Crippen LogP contribution in [0, 0.1) is 0 Å². The highest BCUT2D eigenvalue weighted by Gasteiger charge is 2.21. The molecule has 29 heavy (non-hydrogen) atoms. The Kier molecular flexibility index (Phi) is 6.26. The van der Waals surface area contributed by atoms with E-state index < -0.39 is 17.4 Å². The first-order valence-corrected chi connectivity index (χ1v) is 9.29. The highest BCUT2D eigenvalue weighted by molar-refractivity contribution is 6.32. The molecule has 156 valence electrons. The molecule has 2 aromatic heterocycles. The van der Waals surface area contributed by atoms with Gasteiger partial charge < -0.3 is 24.8 Å². The minimum atomic E-state index is -1.000. The van der Waals surface area contributed by atoms with E-state index in [2.05, 4.69) is 10.3 Å². The van der Waals surface area contributed by atoms with Crippen molar-refractivity contribution >= 4 is 28.7 Å². The normalized spacial score (nSPS) is 12.3. The quantitative estimate of drug-likeness (QED) is 0.463. The van der Waals surface area contributed by atoms with E-state index in [0.29, 0.717) is 10.8 Å². The zero-order valence-corrected chi connectivity index (χ0v) is 16.8. The molecule has 0 amide bonds. The average molecular weight is 424 g/mol. The van der Waals surface area contributed by atoms with Gasteiger partial charge in [-0.3, -0.25) is 13.9 Å². The molecule has 1 aromatic carbocycles. The van der Waals surface area contributed by atoms with Gasteiger partial charge in [0.1, 0.15) is 18.5 Å². The maximum Gasteiger partial charge on any atom is 0.332 e. The predicted octanol–water partition coefficient (Wildman–Crippen LogP) is -0.0688. The third kappa shape index (κ3) is 4.14. The highest BCUT2D eigenvalue weighted by atomic mass is 35.5. The molecule has 0 saturated carbocycles. The van der Waals surface area contributed by atoms with Gasteiger partial charge in [-0.1, -0.05) is 23.7 Å². The molecule has 11 heteroatoms. The number of nitrogens with zero attached hydrogens (tertiary/aromatic N) is 4. The Bertz CT molecular complexity index is 1140. The van der Waals surface area contributed by atoms with Crippen molar-refractivity contribution in [3.05, 3.63) is 50.1 Å². The number of imidazole rings is 1. The van der Waals surface area contributed by atoms with E-state index in [9.17, 15) is 14.7 Å². The number of benzene rings is 1. The monoisotopic (exact) mass is 423 g/mol. The van der Waals surface area contributed by atoms with Crippen molar-refractivity contribution in [2.75, 3.05) is 25.1 Å². The number of fused-ring (bicyclic) bond motifs is 1. The van der Waals surface area contributed by atoms with Crippen LogP contribution < -0.4 is 21.3 Å². The fraction of sp³-hybridized carbons (Fsp3) is 0.389. The van der Waals surface area contributed by atoms with Gasteiger partial charge in [0.05, 0.1) is 18.2 Å². The number of aliphatic hydroxyl groups excluding tert-OH is 2. The second-order valence-electron chi connectivity index (χ2n) is 6.47. The van der Waals surface area contributed by atoms with Gasteiger partial charge in [0.25, 0.3) is 5.56 Å². The number of aromatic nitrogens is 4. The van der Waals surface area contributed by atoms with Gasteiger partial charge in [-0.05, 0) is 12.1 Å². The van der Waals surface area contributed by atoms with Gasteiger partial charge in [-0.25, -0.2) is 4.79 Å². The van der Waals surface area contributed by atoms with Gasteiger partial charge in [-0.15, -0.1) is 0 Å². The summed E-state index contributed by atoms with van der Waals surface area (Å²) in [5.41, 5.74) is -0.708. The SMILES string of the molecule is Cn1c(=O)c2c(nc(NCCO)n2C[C@@H](O)COc2ccccc2Cl)n(C)c1=O. The summed E-state index contributed by atoms with van der Waals surface area (Å²) >= 11 is 6.05. The van der Waals surface area contributed by atoms with Crippen LogP contribution in [-0.2, 0) is 20.6 Å². The van der Waals surface area contributed by atoms with Crippen molar-refractivity contribution in [3.63, 3.8) is 0 Å². The Morgan fingerprint density at radius 2 is 1.97 bits per heavy atom. The number of ether oxygens (including phenoxy) is 1. The molecule has 0 aliphatic rings. The number of hydrogen-bond donors (Lipinski definition) is 3. The number of aryl methyl sites for hydroxylation is 1. The third-order valence-electron chi connectivity index (χ3n) is 4.40. The smallest absolute Gasteiger partial charge is 0.332 e. The summed E-state index contributed by atoms with van der Waals surface area (Å²) in [6, 6.07) is 6.88. The van der Waals surface area contributed by atoms with E-state index in [1.807, 2.05) is 0 Å². The standard InChI is InChI=1S/C18H22ClN5O5/c1-22-15-14(16(27)23(2)18(22)28)24(17(21-15)20-7-8-25)9-11(26)10-29-13-6-4-3-5-12(13)19/h3-6,11,25-26H,7-10H2,1-2H3,(H,20,21)/t11-/m1/s1. The highest BCUT2D eigenvalue weighted by Crippen LogP contribution is 2.23. The molecule has 3 N–H and O–H groups in total. The largest absolute Gasteiger partial charge is 0.489 e. The second-order valence-corrected chi connectivity index (χ2v) is 6.88. The average Bonchev–Trinajstić information content (AvgIpc) is 3.06. The van der Waals surface area contributed by atoms with Gasteiger partial charge in [0.2, 0.25) is 5.95 Å².